The molecule has 0 spiro atoms. The largest absolute Gasteiger partial charge is 0.349 e. The molecular formula is C13H22N2O2. The summed E-state index contributed by atoms with van der Waals surface area (Å²) in [7, 11) is 0. The molecule has 2 aliphatic rings. The summed E-state index contributed by atoms with van der Waals surface area (Å²) in [5.41, 5.74) is 0. The summed E-state index contributed by atoms with van der Waals surface area (Å²) in [4.78, 5) is 24.9. The highest BCUT2D eigenvalue weighted by Crippen LogP contribution is 2.34. The van der Waals surface area contributed by atoms with Crippen molar-refractivity contribution < 1.29 is 9.59 Å². The summed E-state index contributed by atoms with van der Waals surface area (Å²) >= 11 is 0. The maximum atomic E-state index is 11.9. The lowest BCUT2D eigenvalue weighted by atomic mass is 9.75. The maximum absolute atomic E-state index is 11.9. The van der Waals surface area contributed by atoms with Gasteiger partial charge < -0.3 is 5.32 Å². The van der Waals surface area contributed by atoms with Crippen LogP contribution in [-0.4, -0.2) is 42.3 Å². The Balaban J connectivity index is 2.02. The molecule has 1 saturated carbocycles. The minimum absolute atomic E-state index is 0.210. The number of hydrogen-bond donors (Lipinski definition) is 1. The predicted octanol–water partition coefficient (Wildman–Crippen LogP) is 0.954. The Kier molecular flexibility index (Phi) is 4.15. The molecule has 4 nitrogen and oxygen atoms in total. The average Bonchev–Trinajstić information content (AvgIpc) is 2.32. The Morgan fingerprint density at radius 1 is 1.53 bits per heavy atom. The number of piperidine rings is 1. The van der Waals surface area contributed by atoms with Gasteiger partial charge in [0.2, 0.25) is 6.41 Å². The smallest absolute Gasteiger partial charge is 0.207 e. The first-order valence-electron chi connectivity index (χ1n) is 6.72. The Bertz CT molecular complexity index is 291. The summed E-state index contributed by atoms with van der Waals surface area (Å²) in [5.74, 6) is 0.798. The molecule has 17 heavy (non-hydrogen) atoms. The highest BCUT2D eigenvalue weighted by atomic mass is 16.1. The first-order chi connectivity index (χ1) is 8.26. The molecule has 0 aromatic carbocycles. The number of rotatable bonds is 4. The van der Waals surface area contributed by atoms with E-state index in [1.807, 2.05) is 0 Å². The number of ketones is 1. The van der Waals surface area contributed by atoms with Gasteiger partial charge in [-0.1, -0.05) is 6.92 Å². The van der Waals surface area contributed by atoms with Gasteiger partial charge in [-0.3, -0.25) is 14.5 Å². The summed E-state index contributed by atoms with van der Waals surface area (Å²) < 4.78 is 0. The quantitative estimate of drug-likeness (QED) is 0.742. The fourth-order valence-electron chi connectivity index (χ4n) is 3.37. The summed E-state index contributed by atoms with van der Waals surface area (Å²) in [6.45, 7) is 4.42. The Hall–Kier alpha value is -0.900. The van der Waals surface area contributed by atoms with Crippen LogP contribution in [0.15, 0.2) is 0 Å². The lowest BCUT2D eigenvalue weighted by molar-refractivity contribution is -0.129. The fraction of sp³-hybridized carbons (Fsp3) is 0.846. The van der Waals surface area contributed by atoms with Crippen LogP contribution in [0, 0.1) is 5.92 Å². The van der Waals surface area contributed by atoms with E-state index in [1.165, 1.54) is 12.8 Å². The van der Waals surface area contributed by atoms with E-state index in [1.54, 1.807) is 0 Å². The van der Waals surface area contributed by atoms with E-state index in [4.69, 9.17) is 0 Å². The lowest BCUT2D eigenvalue weighted by Gasteiger charge is -2.45. The summed E-state index contributed by atoms with van der Waals surface area (Å²) in [6.07, 6.45) is 5.69. The van der Waals surface area contributed by atoms with Gasteiger partial charge in [-0.05, 0) is 44.7 Å². The van der Waals surface area contributed by atoms with Crippen molar-refractivity contribution in [1.82, 2.24) is 10.2 Å². The number of amides is 1. The van der Waals surface area contributed by atoms with Gasteiger partial charge in [0.05, 0.1) is 6.04 Å². The second-order valence-corrected chi connectivity index (χ2v) is 5.25. The van der Waals surface area contributed by atoms with E-state index in [0.717, 1.165) is 25.9 Å². The molecule has 1 aliphatic heterocycles. The van der Waals surface area contributed by atoms with Crippen molar-refractivity contribution in [3.63, 3.8) is 0 Å². The van der Waals surface area contributed by atoms with Gasteiger partial charge in [-0.25, -0.2) is 0 Å². The fourth-order valence-corrected chi connectivity index (χ4v) is 3.37. The van der Waals surface area contributed by atoms with Gasteiger partial charge in [0.15, 0.2) is 5.78 Å². The summed E-state index contributed by atoms with van der Waals surface area (Å²) in [5, 5.41) is 2.67. The van der Waals surface area contributed by atoms with E-state index >= 15 is 0 Å². The Morgan fingerprint density at radius 2 is 2.35 bits per heavy atom. The van der Waals surface area contributed by atoms with E-state index in [9.17, 15) is 9.59 Å². The van der Waals surface area contributed by atoms with Crippen molar-refractivity contribution in [2.75, 3.05) is 13.1 Å². The molecule has 0 radical (unpaired) electrons. The van der Waals surface area contributed by atoms with E-state index in [-0.39, 0.29) is 11.8 Å². The van der Waals surface area contributed by atoms with Crippen molar-refractivity contribution in [2.24, 2.45) is 5.92 Å². The van der Waals surface area contributed by atoms with Crippen LogP contribution >= 0.6 is 0 Å². The van der Waals surface area contributed by atoms with Crippen LogP contribution in [0.1, 0.15) is 39.0 Å². The van der Waals surface area contributed by atoms with Crippen LogP contribution in [0.5, 0.6) is 0 Å². The van der Waals surface area contributed by atoms with Crippen LogP contribution in [0.3, 0.4) is 0 Å². The molecule has 0 aromatic heterocycles. The standard InChI is InChI=1S/C13H22N2O2/c1-2-5-15-6-3-4-10-7-11(14-9-16)13(17)8-12(10)15/h9-12H,2-8H2,1H3,(H,14,16). The minimum atomic E-state index is -0.227. The van der Waals surface area contributed by atoms with E-state index in [0.29, 0.717) is 24.8 Å². The minimum Gasteiger partial charge on any atom is -0.349 e. The molecule has 3 unspecified atom stereocenters. The predicted molar refractivity (Wildman–Crippen MR) is 65.6 cm³/mol. The Morgan fingerprint density at radius 3 is 3.06 bits per heavy atom. The van der Waals surface area contributed by atoms with E-state index < -0.39 is 0 Å². The normalized spacial score (nSPS) is 34.2. The number of carbonyl (C=O) groups excluding carboxylic acids is 2. The van der Waals surface area contributed by atoms with Crippen LogP contribution in [0.25, 0.3) is 0 Å². The number of Topliss-reactive ketones (excluding diaryl/α,β-unsaturated/α-hetero) is 1. The molecule has 2 fully saturated rings. The first-order valence-corrected chi connectivity index (χ1v) is 6.72. The second-order valence-electron chi connectivity index (χ2n) is 5.25. The van der Waals surface area contributed by atoms with Crippen LogP contribution in [0.4, 0.5) is 0 Å². The third kappa shape index (κ3) is 2.68. The van der Waals surface area contributed by atoms with Crippen LogP contribution in [0.2, 0.25) is 0 Å². The Labute approximate surface area is 103 Å². The molecule has 1 N–H and O–H groups in total. The number of carbonyl (C=O) groups is 2. The van der Waals surface area contributed by atoms with Crippen LogP contribution in [-0.2, 0) is 9.59 Å². The first kappa shape index (κ1) is 12.6. The molecule has 1 amide bonds. The third-order valence-corrected chi connectivity index (χ3v) is 4.15. The van der Waals surface area contributed by atoms with Crippen LogP contribution < -0.4 is 5.32 Å². The van der Waals surface area contributed by atoms with Gasteiger partial charge >= 0.3 is 0 Å². The number of hydrogen-bond acceptors (Lipinski definition) is 3. The maximum Gasteiger partial charge on any atom is 0.207 e. The van der Waals surface area contributed by atoms with Crippen molar-refractivity contribution in [3.05, 3.63) is 0 Å². The van der Waals surface area contributed by atoms with Gasteiger partial charge in [0.1, 0.15) is 0 Å². The average molecular weight is 238 g/mol. The molecule has 1 saturated heterocycles. The van der Waals surface area contributed by atoms with Crippen molar-refractivity contribution >= 4 is 12.2 Å². The van der Waals surface area contributed by atoms with Crippen molar-refractivity contribution in [3.8, 4) is 0 Å². The van der Waals surface area contributed by atoms with Gasteiger partial charge in [-0.15, -0.1) is 0 Å². The molecular weight excluding hydrogens is 216 g/mol. The van der Waals surface area contributed by atoms with Gasteiger partial charge in [-0.2, -0.15) is 0 Å². The molecule has 0 bridgehead atoms. The number of fused-ring (bicyclic) bond motifs is 1. The molecule has 0 aromatic rings. The van der Waals surface area contributed by atoms with Crippen molar-refractivity contribution in [2.45, 2.75) is 51.1 Å². The van der Waals surface area contributed by atoms with Gasteiger partial charge in [0.25, 0.3) is 0 Å². The highest BCUT2D eigenvalue weighted by molar-refractivity contribution is 5.87. The zero-order chi connectivity index (χ0) is 12.3. The third-order valence-electron chi connectivity index (χ3n) is 4.15. The number of nitrogens with zero attached hydrogens (tertiary/aromatic N) is 1. The molecule has 1 heterocycles. The monoisotopic (exact) mass is 238 g/mol. The number of nitrogens with one attached hydrogen (secondary N) is 1. The highest BCUT2D eigenvalue weighted by Gasteiger charge is 2.40. The zero-order valence-electron chi connectivity index (χ0n) is 10.5. The lowest BCUT2D eigenvalue weighted by Crippen LogP contribution is -2.54. The number of likely N-dealkylation sites (tertiary alicyclic amines) is 1. The summed E-state index contributed by atoms with van der Waals surface area (Å²) in [6, 6.07) is 0.205. The molecule has 3 atom stereocenters. The topological polar surface area (TPSA) is 49.4 Å². The molecule has 1 aliphatic carbocycles. The molecule has 96 valence electrons. The van der Waals surface area contributed by atoms with E-state index in [2.05, 4.69) is 17.1 Å². The second kappa shape index (κ2) is 5.63. The SMILES string of the molecule is CCCN1CCCC2CC(NC=O)C(=O)CC21. The van der Waals surface area contributed by atoms with Crippen molar-refractivity contribution in [1.29, 1.82) is 0 Å². The molecule has 2 rings (SSSR count). The zero-order valence-corrected chi connectivity index (χ0v) is 10.5. The molecule has 4 heteroatoms. The van der Waals surface area contributed by atoms with Gasteiger partial charge in [0, 0.05) is 12.5 Å².